The van der Waals surface area contributed by atoms with E-state index in [1.165, 1.54) is 19.2 Å². The lowest BCUT2D eigenvalue weighted by Gasteiger charge is -2.17. The molecule has 2 unspecified atom stereocenters. The van der Waals surface area contributed by atoms with Crippen LogP contribution in [0.25, 0.3) is 0 Å². The van der Waals surface area contributed by atoms with E-state index < -0.39 is 22.2 Å². The maximum absolute atomic E-state index is 12.0. The maximum atomic E-state index is 12.0. The van der Waals surface area contributed by atoms with E-state index in [1.807, 2.05) is 0 Å². The zero-order valence-corrected chi connectivity index (χ0v) is 12.6. The molecule has 1 aromatic rings. The molecule has 116 valence electrons. The average Bonchev–Trinajstić information content (AvgIpc) is 2.82. The Balaban J connectivity index is 2.06. The van der Waals surface area contributed by atoms with Gasteiger partial charge in [0.05, 0.1) is 37.3 Å². The standard InChI is InChI=1S/C13H18N2O5S/c1-15(21(2,18)19)10-5-3-9(4-6-10)13(17)14-11-7-20-8-12(11)16/h3-6,11-12,16H,7-8H2,1-2H3,(H,14,17). The number of carbonyl (C=O) groups excluding carboxylic acids is 1. The first-order valence-corrected chi connectivity index (χ1v) is 8.24. The second-order valence-electron chi connectivity index (χ2n) is 4.96. The van der Waals surface area contributed by atoms with Crippen molar-refractivity contribution in [2.75, 3.05) is 30.8 Å². The van der Waals surface area contributed by atoms with Crippen molar-refractivity contribution in [3.63, 3.8) is 0 Å². The Morgan fingerprint density at radius 3 is 2.43 bits per heavy atom. The molecule has 0 radical (unpaired) electrons. The zero-order chi connectivity index (χ0) is 15.6. The first-order valence-electron chi connectivity index (χ1n) is 6.39. The van der Waals surface area contributed by atoms with Crippen molar-refractivity contribution in [2.24, 2.45) is 0 Å². The summed E-state index contributed by atoms with van der Waals surface area (Å²) in [7, 11) is -1.89. The minimum Gasteiger partial charge on any atom is -0.388 e. The van der Waals surface area contributed by atoms with E-state index in [1.54, 1.807) is 12.1 Å². The van der Waals surface area contributed by atoms with E-state index in [2.05, 4.69) is 5.32 Å². The predicted octanol–water partition coefficient (Wildman–Crippen LogP) is -0.428. The normalized spacial score (nSPS) is 22.0. The second kappa shape index (κ2) is 6.00. The van der Waals surface area contributed by atoms with E-state index in [0.29, 0.717) is 11.3 Å². The van der Waals surface area contributed by atoms with Crippen LogP contribution in [0.4, 0.5) is 5.69 Å². The number of hydrogen-bond donors (Lipinski definition) is 2. The minimum atomic E-state index is -3.33. The van der Waals surface area contributed by atoms with E-state index in [9.17, 15) is 18.3 Å². The number of amides is 1. The Hall–Kier alpha value is -1.64. The van der Waals surface area contributed by atoms with E-state index in [4.69, 9.17) is 4.74 Å². The number of nitrogens with zero attached hydrogens (tertiary/aromatic N) is 1. The maximum Gasteiger partial charge on any atom is 0.251 e. The van der Waals surface area contributed by atoms with Gasteiger partial charge in [0.15, 0.2) is 0 Å². The minimum absolute atomic E-state index is 0.211. The van der Waals surface area contributed by atoms with Crippen molar-refractivity contribution in [1.82, 2.24) is 5.32 Å². The van der Waals surface area contributed by atoms with Gasteiger partial charge in [0.25, 0.3) is 5.91 Å². The summed E-state index contributed by atoms with van der Waals surface area (Å²) in [6.07, 6.45) is 0.402. The highest BCUT2D eigenvalue weighted by Gasteiger charge is 2.27. The first kappa shape index (κ1) is 15.7. The first-order chi connectivity index (χ1) is 9.79. The molecule has 1 aliphatic heterocycles. The molecule has 2 rings (SSSR count). The predicted molar refractivity (Wildman–Crippen MR) is 77.8 cm³/mol. The van der Waals surface area contributed by atoms with Crippen LogP contribution in [0.5, 0.6) is 0 Å². The summed E-state index contributed by atoms with van der Waals surface area (Å²) in [4.78, 5) is 12.0. The summed E-state index contributed by atoms with van der Waals surface area (Å²) >= 11 is 0. The fraction of sp³-hybridized carbons (Fsp3) is 0.462. The van der Waals surface area contributed by atoms with Crippen LogP contribution in [-0.2, 0) is 14.8 Å². The van der Waals surface area contributed by atoms with Gasteiger partial charge in [-0.15, -0.1) is 0 Å². The molecule has 1 aromatic carbocycles. The highest BCUT2D eigenvalue weighted by Crippen LogP contribution is 2.16. The highest BCUT2D eigenvalue weighted by molar-refractivity contribution is 7.92. The van der Waals surface area contributed by atoms with Gasteiger partial charge in [0, 0.05) is 12.6 Å². The van der Waals surface area contributed by atoms with Crippen molar-refractivity contribution >= 4 is 21.6 Å². The quantitative estimate of drug-likeness (QED) is 0.786. The number of aliphatic hydroxyl groups is 1. The van der Waals surface area contributed by atoms with E-state index in [0.717, 1.165) is 10.6 Å². The van der Waals surface area contributed by atoms with Gasteiger partial charge in [0.1, 0.15) is 0 Å². The molecule has 0 saturated carbocycles. The van der Waals surface area contributed by atoms with Crippen LogP contribution in [0, 0.1) is 0 Å². The molecule has 21 heavy (non-hydrogen) atoms. The second-order valence-corrected chi connectivity index (χ2v) is 6.98. The molecule has 1 amide bonds. The van der Waals surface area contributed by atoms with Crippen LogP contribution in [-0.4, -0.2) is 58.1 Å². The SMILES string of the molecule is CN(c1ccc(C(=O)NC2COCC2O)cc1)S(C)(=O)=O. The summed E-state index contributed by atoms with van der Waals surface area (Å²) in [6.45, 7) is 0.491. The molecule has 1 fully saturated rings. The van der Waals surface area contributed by atoms with Crippen LogP contribution in [0.2, 0.25) is 0 Å². The number of anilines is 1. The summed E-state index contributed by atoms with van der Waals surface area (Å²) in [5.41, 5.74) is 0.859. The van der Waals surface area contributed by atoms with Crippen LogP contribution < -0.4 is 9.62 Å². The Bertz CT molecular complexity index is 614. The fourth-order valence-electron chi connectivity index (χ4n) is 1.95. The van der Waals surface area contributed by atoms with Crippen LogP contribution in [0.15, 0.2) is 24.3 Å². The smallest absolute Gasteiger partial charge is 0.251 e. The Morgan fingerprint density at radius 1 is 1.33 bits per heavy atom. The van der Waals surface area contributed by atoms with Crippen LogP contribution in [0.3, 0.4) is 0 Å². The van der Waals surface area contributed by atoms with Gasteiger partial charge in [-0.2, -0.15) is 0 Å². The molecule has 7 nitrogen and oxygen atoms in total. The number of carbonyl (C=O) groups is 1. The van der Waals surface area contributed by atoms with Crippen molar-refractivity contribution in [2.45, 2.75) is 12.1 Å². The van der Waals surface area contributed by atoms with Crippen molar-refractivity contribution in [3.8, 4) is 0 Å². The molecule has 0 aliphatic carbocycles. The van der Waals surface area contributed by atoms with E-state index in [-0.39, 0.29) is 19.1 Å². The van der Waals surface area contributed by atoms with E-state index >= 15 is 0 Å². The summed E-state index contributed by atoms with van der Waals surface area (Å²) in [5.74, 6) is -0.335. The number of hydrogen-bond acceptors (Lipinski definition) is 5. The molecule has 0 bridgehead atoms. The topological polar surface area (TPSA) is 95.9 Å². The molecule has 1 saturated heterocycles. The van der Waals surface area contributed by atoms with Crippen molar-refractivity contribution in [3.05, 3.63) is 29.8 Å². The van der Waals surface area contributed by atoms with Crippen molar-refractivity contribution in [1.29, 1.82) is 0 Å². The molecule has 2 N–H and O–H groups in total. The summed E-state index contributed by atoms with van der Waals surface area (Å²) in [6, 6.07) is 5.76. The molecule has 0 spiro atoms. The molecule has 8 heteroatoms. The average molecular weight is 314 g/mol. The number of benzene rings is 1. The lowest BCUT2D eigenvalue weighted by Crippen LogP contribution is -2.42. The van der Waals surface area contributed by atoms with Gasteiger partial charge in [-0.25, -0.2) is 8.42 Å². The third kappa shape index (κ3) is 3.72. The summed E-state index contributed by atoms with van der Waals surface area (Å²) in [5, 5.41) is 12.3. The zero-order valence-electron chi connectivity index (χ0n) is 11.8. The van der Waals surface area contributed by atoms with Gasteiger partial charge in [-0.3, -0.25) is 9.10 Å². The lowest BCUT2D eigenvalue weighted by molar-refractivity contribution is 0.0886. The lowest BCUT2D eigenvalue weighted by atomic mass is 10.1. The van der Waals surface area contributed by atoms with Gasteiger partial charge in [0.2, 0.25) is 10.0 Å². The molecule has 0 aromatic heterocycles. The number of aliphatic hydroxyl groups excluding tert-OH is 1. The molecule has 1 heterocycles. The molecular weight excluding hydrogens is 296 g/mol. The number of sulfonamides is 1. The highest BCUT2D eigenvalue weighted by atomic mass is 32.2. The molecule has 1 aliphatic rings. The largest absolute Gasteiger partial charge is 0.388 e. The van der Waals surface area contributed by atoms with Gasteiger partial charge in [-0.05, 0) is 24.3 Å². The Kier molecular flexibility index (Phi) is 4.50. The number of rotatable bonds is 4. The van der Waals surface area contributed by atoms with Gasteiger partial charge in [-0.1, -0.05) is 0 Å². The number of ether oxygens (including phenoxy) is 1. The van der Waals surface area contributed by atoms with Crippen LogP contribution >= 0.6 is 0 Å². The Morgan fingerprint density at radius 2 is 1.95 bits per heavy atom. The Labute approximate surface area is 123 Å². The van der Waals surface area contributed by atoms with Gasteiger partial charge < -0.3 is 15.2 Å². The van der Waals surface area contributed by atoms with Gasteiger partial charge >= 0.3 is 0 Å². The third-order valence-corrected chi connectivity index (χ3v) is 4.56. The van der Waals surface area contributed by atoms with Crippen LogP contribution in [0.1, 0.15) is 10.4 Å². The molecule has 2 atom stereocenters. The monoisotopic (exact) mass is 314 g/mol. The fourth-order valence-corrected chi connectivity index (χ4v) is 2.45. The third-order valence-electron chi connectivity index (χ3n) is 3.36. The summed E-state index contributed by atoms with van der Waals surface area (Å²) < 4.78 is 29.0. The van der Waals surface area contributed by atoms with Crippen molar-refractivity contribution < 1.29 is 23.1 Å². The number of nitrogens with one attached hydrogen (secondary N) is 1. The molecular formula is C13H18N2O5S.